The molecule has 0 aromatic carbocycles. The molecule has 2 atom stereocenters. The average Bonchev–Trinajstić information content (AvgIpc) is 2.64. The van der Waals surface area contributed by atoms with E-state index in [2.05, 4.69) is 4.74 Å². The number of ether oxygens (including phenoxy) is 2. The molecule has 9 nitrogen and oxygen atoms in total. The number of phosphoric acid groups is 1. The first-order valence-electron chi connectivity index (χ1n) is 8.32. The van der Waals surface area contributed by atoms with Gasteiger partial charge in [-0.3, -0.25) is 13.8 Å². The van der Waals surface area contributed by atoms with Crippen LogP contribution in [0.5, 0.6) is 0 Å². The van der Waals surface area contributed by atoms with Crippen LogP contribution in [-0.2, 0) is 34.4 Å². The first kappa shape index (κ1) is 22.7. The largest absolute Gasteiger partial charge is 0.472 e. The van der Waals surface area contributed by atoms with E-state index in [1.165, 1.54) is 7.11 Å². The topological polar surface area (TPSA) is 115 Å². The van der Waals surface area contributed by atoms with E-state index in [1.54, 1.807) is 4.57 Å². The van der Waals surface area contributed by atoms with Gasteiger partial charge in [-0.25, -0.2) is 9.13 Å². The van der Waals surface area contributed by atoms with Crippen LogP contribution in [0.3, 0.4) is 0 Å². The minimum Gasteiger partial charge on any atom is -0.469 e. The van der Waals surface area contributed by atoms with Gasteiger partial charge in [-0.05, 0) is 12.8 Å². The highest BCUT2D eigenvalue weighted by Crippen LogP contribution is 2.43. The number of esters is 1. The maximum absolute atomic E-state index is 11.8. The number of rotatable bonds is 14. The van der Waals surface area contributed by atoms with Gasteiger partial charge in [0.1, 0.15) is 12.7 Å². The standard InChI is InChI=1S/C16H26NO8P/c1-22-16(19)7-3-6-11-23-15(13-18)14-25-26(20,21)24-12-10-17-8-4-2-5-9-17/h2,4-5,8-9,15,18H,3,6-7,10-14H2,1H3/p+1. The Balaban J connectivity index is 2.19. The molecule has 0 saturated carbocycles. The Labute approximate surface area is 153 Å². The Hall–Kier alpha value is -1.35. The second-order valence-electron chi connectivity index (χ2n) is 5.42. The molecule has 0 aliphatic carbocycles. The van der Waals surface area contributed by atoms with Crippen LogP contribution in [0.2, 0.25) is 0 Å². The van der Waals surface area contributed by atoms with Gasteiger partial charge in [0.15, 0.2) is 18.9 Å². The number of aliphatic hydroxyl groups is 1. The van der Waals surface area contributed by atoms with E-state index in [9.17, 15) is 19.4 Å². The van der Waals surface area contributed by atoms with Crippen LogP contribution >= 0.6 is 7.82 Å². The van der Waals surface area contributed by atoms with Crippen LogP contribution in [0.25, 0.3) is 0 Å². The van der Waals surface area contributed by atoms with Crippen molar-refractivity contribution < 1.29 is 42.4 Å². The number of carbonyl (C=O) groups is 1. The Bertz CT molecular complexity index is 556. The van der Waals surface area contributed by atoms with E-state index < -0.39 is 13.9 Å². The Morgan fingerprint density at radius 1 is 1.15 bits per heavy atom. The predicted octanol–water partition coefficient (Wildman–Crippen LogP) is 0.829. The summed E-state index contributed by atoms with van der Waals surface area (Å²) in [4.78, 5) is 20.6. The van der Waals surface area contributed by atoms with E-state index in [1.807, 2.05) is 30.6 Å². The fraction of sp³-hybridized carbons (Fsp3) is 0.625. The summed E-state index contributed by atoms with van der Waals surface area (Å²) in [5.41, 5.74) is 0. The minimum atomic E-state index is -4.22. The van der Waals surface area contributed by atoms with Crippen molar-refractivity contribution in [3.8, 4) is 0 Å². The summed E-state index contributed by atoms with van der Waals surface area (Å²) in [7, 11) is -2.90. The monoisotopic (exact) mass is 392 g/mol. The normalized spacial score (nSPS) is 14.6. The number of hydrogen-bond acceptors (Lipinski definition) is 7. The predicted molar refractivity (Wildman–Crippen MR) is 91.1 cm³/mol. The van der Waals surface area contributed by atoms with Gasteiger partial charge >= 0.3 is 13.8 Å². The number of pyridine rings is 1. The van der Waals surface area contributed by atoms with Crippen molar-refractivity contribution >= 4 is 13.8 Å². The maximum atomic E-state index is 11.8. The zero-order valence-electron chi connectivity index (χ0n) is 14.9. The molecule has 0 amide bonds. The van der Waals surface area contributed by atoms with Crippen molar-refractivity contribution in [3.63, 3.8) is 0 Å². The van der Waals surface area contributed by atoms with Crippen molar-refractivity contribution in [2.24, 2.45) is 0 Å². The average molecular weight is 392 g/mol. The molecule has 2 N–H and O–H groups in total. The van der Waals surface area contributed by atoms with E-state index >= 15 is 0 Å². The number of hydrogen-bond donors (Lipinski definition) is 2. The van der Waals surface area contributed by atoms with Crippen LogP contribution in [0.4, 0.5) is 0 Å². The molecule has 148 valence electrons. The third kappa shape index (κ3) is 10.6. The van der Waals surface area contributed by atoms with E-state index in [0.717, 1.165) is 0 Å². The molecule has 10 heteroatoms. The van der Waals surface area contributed by atoms with Crippen molar-refractivity contribution in [2.75, 3.05) is 33.5 Å². The molecule has 1 aromatic heterocycles. The van der Waals surface area contributed by atoms with Crippen molar-refractivity contribution in [3.05, 3.63) is 30.6 Å². The van der Waals surface area contributed by atoms with E-state index in [0.29, 0.717) is 25.8 Å². The molecule has 0 bridgehead atoms. The lowest BCUT2D eigenvalue weighted by molar-refractivity contribution is -0.697. The van der Waals surface area contributed by atoms with Crippen molar-refractivity contribution in [1.82, 2.24) is 0 Å². The van der Waals surface area contributed by atoms with Gasteiger partial charge in [-0.15, -0.1) is 0 Å². The summed E-state index contributed by atoms with van der Waals surface area (Å²) < 4.78 is 33.2. The quantitative estimate of drug-likeness (QED) is 0.207. The zero-order valence-corrected chi connectivity index (χ0v) is 15.8. The molecule has 2 unspecified atom stereocenters. The molecule has 0 fully saturated rings. The van der Waals surface area contributed by atoms with Gasteiger partial charge < -0.3 is 19.5 Å². The third-order valence-corrected chi connectivity index (χ3v) is 4.35. The van der Waals surface area contributed by atoms with Crippen LogP contribution in [0, 0.1) is 0 Å². The number of nitrogens with zero attached hydrogens (tertiary/aromatic N) is 1. The summed E-state index contributed by atoms with van der Waals surface area (Å²) in [5.74, 6) is -0.293. The van der Waals surface area contributed by atoms with Crippen molar-refractivity contribution in [1.29, 1.82) is 0 Å². The summed E-state index contributed by atoms with van der Waals surface area (Å²) in [6.07, 6.45) is 4.34. The summed E-state index contributed by atoms with van der Waals surface area (Å²) in [6.45, 7) is 0.0406. The maximum Gasteiger partial charge on any atom is 0.472 e. The lowest BCUT2D eigenvalue weighted by atomic mass is 10.2. The molecular formula is C16H27NO8P+. The van der Waals surface area contributed by atoms with Crippen LogP contribution in [0.1, 0.15) is 19.3 Å². The van der Waals surface area contributed by atoms with Gasteiger partial charge in [0.2, 0.25) is 0 Å². The molecule has 0 saturated heterocycles. The Morgan fingerprint density at radius 2 is 1.88 bits per heavy atom. The van der Waals surface area contributed by atoms with E-state index in [-0.39, 0.29) is 32.4 Å². The second kappa shape index (κ2) is 12.9. The number of carbonyl (C=O) groups excluding carboxylic acids is 1. The summed E-state index contributed by atoms with van der Waals surface area (Å²) in [6, 6.07) is 5.54. The fourth-order valence-electron chi connectivity index (χ4n) is 1.94. The summed E-state index contributed by atoms with van der Waals surface area (Å²) in [5, 5.41) is 9.24. The number of aliphatic hydroxyl groups excluding tert-OH is 1. The van der Waals surface area contributed by atoms with Crippen LogP contribution in [0.15, 0.2) is 30.6 Å². The molecule has 0 aliphatic heterocycles. The molecule has 1 heterocycles. The van der Waals surface area contributed by atoms with Gasteiger partial charge in [-0.2, -0.15) is 0 Å². The molecule has 0 radical (unpaired) electrons. The van der Waals surface area contributed by atoms with E-state index in [4.69, 9.17) is 13.8 Å². The molecular weight excluding hydrogens is 365 g/mol. The van der Waals surface area contributed by atoms with Crippen molar-refractivity contribution in [2.45, 2.75) is 31.9 Å². The molecule has 0 spiro atoms. The fourth-order valence-corrected chi connectivity index (χ4v) is 2.68. The lowest BCUT2D eigenvalue weighted by Crippen LogP contribution is -2.34. The molecule has 0 aliphatic rings. The first-order chi connectivity index (χ1) is 12.5. The highest BCUT2D eigenvalue weighted by atomic mass is 31.2. The SMILES string of the molecule is COC(=O)CCCCOC(CO)COP(=O)(O)OCC[n+]1ccccc1. The number of unbranched alkanes of at least 4 members (excludes halogenated alkanes) is 1. The molecule has 1 rings (SSSR count). The van der Waals surface area contributed by atoms with Gasteiger partial charge in [-0.1, -0.05) is 6.07 Å². The molecule has 26 heavy (non-hydrogen) atoms. The highest BCUT2D eigenvalue weighted by Gasteiger charge is 2.24. The smallest absolute Gasteiger partial charge is 0.469 e. The number of aromatic nitrogens is 1. The summed E-state index contributed by atoms with van der Waals surface area (Å²) >= 11 is 0. The minimum absolute atomic E-state index is 0.000630. The van der Waals surface area contributed by atoms with Crippen LogP contribution in [-0.4, -0.2) is 55.6 Å². The Kier molecular flexibility index (Phi) is 11.3. The highest BCUT2D eigenvalue weighted by molar-refractivity contribution is 7.47. The second-order valence-corrected chi connectivity index (χ2v) is 6.87. The zero-order chi connectivity index (χ0) is 19.3. The lowest BCUT2D eigenvalue weighted by Gasteiger charge is -2.17. The van der Waals surface area contributed by atoms with Gasteiger partial charge in [0.05, 0.1) is 20.3 Å². The Morgan fingerprint density at radius 3 is 2.54 bits per heavy atom. The third-order valence-electron chi connectivity index (χ3n) is 3.36. The first-order valence-corrected chi connectivity index (χ1v) is 9.81. The van der Waals surface area contributed by atoms with Gasteiger partial charge in [0.25, 0.3) is 0 Å². The van der Waals surface area contributed by atoms with Gasteiger partial charge in [0, 0.05) is 25.2 Å². The van der Waals surface area contributed by atoms with Crippen LogP contribution < -0.4 is 4.57 Å². The molecule has 1 aromatic rings. The number of methoxy groups -OCH3 is 1. The number of phosphoric ester groups is 1.